The lowest BCUT2D eigenvalue weighted by Crippen LogP contribution is -2.36. The quantitative estimate of drug-likeness (QED) is 0.0572. The van der Waals surface area contributed by atoms with Crippen molar-refractivity contribution in [3.63, 3.8) is 0 Å². The molecule has 0 saturated carbocycles. The van der Waals surface area contributed by atoms with Crippen molar-refractivity contribution < 1.29 is 47.2 Å². The third-order valence-corrected chi connectivity index (χ3v) is 8.84. The van der Waals surface area contributed by atoms with Gasteiger partial charge in [0.05, 0.1) is 33.0 Å². The summed E-state index contributed by atoms with van der Waals surface area (Å²) in [4.78, 5) is 50.0. The van der Waals surface area contributed by atoms with Crippen LogP contribution in [0.1, 0.15) is 47.3 Å². The zero-order chi connectivity index (χ0) is 33.4. The van der Waals surface area contributed by atoms with E-state index in [9.17, 15) is 23.7 Å². The third-order valence-electron chi connectivity index (χ3n) is 6.48. The van der Waals surface area contributed by atoms with E-state index >= 15 is 0 Å². The molecule has 13 heteroatoms. The van der Waals surface area contributed by atoms with Crippen LogP contribution < -0.4 is 15.9 Å². The summed E-state index contributed by atoms with van der Waals surface area (Å²) in [5, 5.41) is 5.43. The Morgan fingerprint density at radius 2 is 1.60 bits per heavy atom. The first kappa shape index (κ1) is 37.5. The fraction of sp³-hybridized carbons (Fsp3) is 0.438. The van der Waals surface area contributed by atoms with Crippen LogP contribution in [0.2, 0.25) is 0 Å². The van der Waals surface area contributed by atoms with Crippen LogP contribution in [0.25, 0.3) is 0 Å². The molecule has 2 N–H and O–H groups in total. The van der Waals surface area contributed by atoms with E-state index in [0.29, 0.717) is 29.7 Å². The minimum atomic E-state index is -3.95. The summed E-state index contributed by atoms with van der Waals surface area (Å²) < 4.78 is 40.6. The van der Waals surface area contributed by atoms with E-state index in [1.807, 2.05) is 0 Å². The van der Waals surface area contributed by atoms with Gasteiger partial charge in [-0.05, 0) is 69.9 Å². The topological polar surface area (TPSA) is 156 Å². The van der Waals surface area contributed by atoms with Crippen LogP contribution >= 0.6 is 7.37 Å². The number of ether oxygens (including phenoxy) is 4. The minimum absolute atomic E-state index is 0.0650. The fourth-order valence-corrected chi connectivity index (χ4v) is 6.44. The fourth-order valence-electron chi connectivity index (χ4n) is 4.37. The van der Waals surface area contributed by atoms with Crippen LogP contribution in [0.4, 0.5) is 5.69 Å². The lowest BCUT2D eigenvalue weighted by atomic mass is 9.98. The first-order valence-electron chi connectivity index (χ1n) is 14.6. The zero-order valence-corrected chi connectivity index (χ0v) is 27.4. The number of benzene rings is 2. The number of aryl methyl sites for hydroxylation is 2. The molecule has 0 aliphatic heterocycles. The summed E-state index contributed by atoms with van der Waals surface area (Å²) in [5.41, 5.74) is 1.38. The van der Waals surface area contributed by atoms with E-state index < -0.39 is 37.0 Å². The van der Waals surface area contributed by atoms with Crippen LogP contribution in [0.5, 0.6) is 0 Å². The molecule has 246 valence electrons. The molecule has 0 fully saturated rings. The number of anilines is 1. The lowest BCUT2D eigenvalue weighted by molar-refractivity contribution is -0.144. The Labute approximate surface area is 264 Å². The van der Waals surface area contributed by atoms with Crippen molar-refractivity contribution in [2.45, 2.75) is 47.3 Å². The Balaban J connectivity index is 1.87. The molecule has 2 unspecified atom stereocenters. The molecular weight excluding hydrogens is 603 g/mol. The van der Waals surface area contributed by atoms with Gasteiger partial charge in [-0.1, -0.05) is 30.8 Å². The Morgan fingerprint density at radius 1 is 0.933 bits per heavy atom. The molecule has 0 heterocycles. The van der Waals surface area contributed by atoms with Gasteiger partial charge in [-0.15, -0.1) is 0 Å². The molecule has 2 aromatic rings. The van der Waals surface area contributed by atoms with Gasteiger partial charge < -0.3 is 34.1 Å². The van der Waals surface area contributed by atoms with Gasteiger partial charge in [-0.25, -0.2) is 4.79 Å². The zero-order valence-electron chi connectivity index (χ0n) is 26.5. The molecule has 2 amide bonds. The van der Waals surface area contributed by atoms with E-state index in [4.69, 9.17) is 23.5 Å². The number of hydrogen-bond acceptors (Lipinski definition) is 10. The second kappa shape index (κ2) is 19.0. The molecule has 45 heavy (non-hydrogen) atoms. The second-order valence-electron chi connectivity index (χ2n) is 9.85. The lowest BCUT2D eigenvalue weighted by Gasteiger charge is -2.22. The SMILES string of the molecule is C=CC(=O)OCCOCCOC(C)OCCCNC(=O)C(=O)Nc1c(C)cc(C)c(C(=O)P(=O)(OCC)c2ccccc2)c1C. The Bertz CT molecular complexity index is 1380. The van der Waals surface area contributed by atoms with Crippen LogP contribution in [-0.4, -0.2) is 75.8 Å². The number of carbonyl (C=O) groups excluding carboxylic acids is 4. The van der Waals surface area contributed by atoms with Crippen molar-refractivity contribution >= 4 is 41.7 Å². The normalized spacial score (nSPS) is 12.9. The molecule has 0 aliphatic carbocycles. The van der Waals surface area contributed by atoms with Crippen LogP contribution in [0.3, 0.4) is 0 Å². The van der Waals surface area contributed by atoms with E-state index in [-0.39, 0.29) is 56.1 Å². The molecule has 0 aromatic heterocycles. The van der Waals surface area contributed by atoms with Crippen molar-refractivity contribution in [1.29, 1.82) is 0 Å². The summed E-state index contributed by atoms with van der Waals surface area (Å²) >= 11 is 0. The molecule has 2 aromatic carbocycles. The number of amides is 2. The Morgan fingerprint density at radius 3 is 2.27 bits per heavy atom. The molecule has 2 atom stereocenters. The smallest absolute Gasteiger partial charge is 0.330 e. The third kappa shape index (κ3) is 11.3. The molecule has 0 bridgehead atoms. The molecule has 0 saturated heterocycles. The average molecular weight is 647 g/mol. The molecule has 0 spiro atoms. The maximum atomic E-state index is 13.9. The molecule has 0 radical (unpaired) electrons. The monoisotopic (exact) mass is 646 g/mol. The number of hydrogen-bond donors (Lipinski definition) is 2. The largest absolute Gasteiger partial charge is 0.460 e. The summed E-state index contributed by atoms with van der Waals surface area (Å²) in [6.07, 6.45) is 0.981. The van der Waals surface area contributed by atoms with Gasteiger partial charge in [0.2, 0.25) is 0 Å². The maximum Gasteiger partial charge on any atom is 0.330 e. The van der Waals surface area contributed by atoms with Gasteiger partial charge in [0.1, 0.15) is 6.61 Å². The average Bonchev–Trinajstić information content (AvgIpc) is 3.02. The van der Waals surface area contributed by atoms with E-state index in [1.54, 1.807) is 71.0 Å². The maximum absolute atomic E-state index is 13.9. The van der Waals surface area contributed by atoms with Crippen molar-refractivity contribution in [2.75, 3.05) is 51.5 Å². The van der Waals surface area contributed by atoms with Gasteiger partial charge in [-0.2, -0.15) is 0 Å². The number of nitrogens with one attached hydrogen (secondary N) is 2. The first-order valence-corrected chi connectivity index (χ1v) is 16.2. The number of rotatable bonds is 19. The summed E-state index contributed by atoms with van der Waals surface area (Å²) in [5.74, 6) is -2.27. The van der Waals surface area contributed by atoms with Gasteiger partial charge in [0.25, 0.3) is 5.52 Å². The molecule has 2 rings (SSSR count). The van der Waals surface area contributed by atoms with Gasteiger partial charge >= 0.3 is 25.2 Å². The summed E-state index contributed by atoms with van der Waals surface area (Å²) in [6.45, 7) is 13.2. The Kier molecular flexibility index (Phi) is 15.8. The molecular formula is C32H43N2O10P. The second-order valence-corrected chi connectivity index (χ2v) is 12.1. The highest BCUT2D eigenvalue weighted by atomic mass is 31.2. The van der Waals surface area contributed by atoms with Crippen LogP contribution in [0, 0.1) is 20.8 Å². The predicted octanol–water partition coefficient (Wildman–Crippen LogP) is 3.96. The summed E-state index contributed by atoms with van der Waals surface area (Å²) in [6, 6.07) is 9.99. The first-order chi connectivity index (χ1) is 21.5. The van der Waals surface area contributed by atoms with E-state index in [0.717, 1.165) is 6.08 Å². The van der Waals surface area contributed by atoms with Gasteiger partial charge in [0, 0.05) is 29.2 Å². The Hall–Kier alpha value is -3.67. The van der Waals surface area contributed by atoms with Crippen molar-refractivity contribution in [3.8, 4) is 0 Å². The van der Waals surface area contributed by atoms with Crippen molar-refractivity contribution in [1.82, 2.24) is 5.32 Å². The van der Waals surface area contributed by atoms with Crippen LogP contribution in [-0.2, 0) is 42.4 Å². The van der Waals surface area contributed by atoms with Crippen LogP contribution in [0.15, 0.2) is 49.1 Å². The number of esters is 1. The highest BCUT2D eigenvalue weighted by molar-refractivity contribution is 7.83. The predicted molar refractivity (Wildman–Crippen MR) is 170 cm³/mol. The highest BCUT2D eigenvalue weighted by Gasteiger charge is 2.38. The summed E-state index contributed by atoms with van der Waals surface area (Å²) in [7, 11) is -3.95. The van der Waals surface area contributed by atoms with E-state index in [1.165, 1.54) is 0 Å². The molecule has 12 nitrogen and oxygen atoms in total. The molecule has 0 aliphatic rings. The minimum Gasteiger partial charge on any atom is -0.460 e. The van der Waals surface area contributed by atoms with Gasteiger partial charge in [0.15, 0.2) is 6.29 Å². The van der Waals surface area contributed by atoms with E-state index in [2.05, 4.69) is 17.2 Å². The highest BCUT2D eigenvalue weighted by Crippen LogP contribution is 2.50. The van der Waals surface area contributed by atoms with Crippen molar-refractivity contribution in [2.24, 2.45) is 0 Å². The van der Waals surface area contributed by atoms with Crippen molar-refractivity contribution in [3.05, 3.63) is 71.3 Å². The van der Waals surface area contributed by atoms with Gasteiger partial charge in [-0.3, -0.25) is 18.9 Å². The number of carbonyl (C=O) groups is 4. The standard InChI is InChI=1S/C32H43N2O10P/c1-7-27(35)43-20-18-40-17-19-42-25(6)41-16-12-15-33-30(36)31(37)34-29-23(4)21-22(3)28(24(29)5)32(38)45(39,44-8-2)26-13-10-9-11-14-26/h7,9-11,13-14,21,25H,1,8,12,15-20H2,2-6H3,(H,33,36)(H,34,37).